The zero-order valence-electron chi connectivity index (χ0n) is 17.6. The molecular formula is C22H20ClN3O6S. The lowest BCUT2D eigenvalue weighted by atomic mass is 10.1. The molecule has 0 aliphatic carbocycles. The molecule has 0 bridgehead atoms. The number of hydrogen-bond donors (Lipinski definition) is 1. The number of aryl methyl sites for hydroxylation is 1. The first kappa shape index (κ1) is 24.3. The number of para-hydroxylation sites is 1. The molecular weight excluding hydrogens is 470 g/mol. The van der Waals surface area contributed by atoms with Crippen LogP contribution in [0.15, 0.2) is 47.4 Å². The number of imide groups is 1. The largest absolute Gasteiger partial charge is 0.496 e. The second-order valence-electron chi connectivity index (χ2n) is 6.96. The number of nitrogens with zero attached hydrogens (tertiary/aromatic N) is 2. The number of nitro groups is 1. The van der Waals surface area contributed by atoms with Crippen LogP contribution >= 0.6 is 23.4 Å². The fourth-order valence-electron chi connectivity index (χ4n) is 3.16. The van der Waals surface area contributed by atoms with E-state index < -0.39 is 16.1 Å². The van der Waals surface area contributed by atoms with E-state index in [0.717, 1.165) is 22.2 Å². The molecule has 1 fully saturated rings. The minimum atomic E-state index is -0.623. The second kappa shape index (κ2) is 11.0. The number of thioether (sulfide) groups is 1. The lowest BCUT2D eigenvalue weighted by Crippen LogP contribution is -2.37. The van der Waals surface area contributed by atoms with Crippen molar-refractivity contribution in [2.24, 2.45) is 0 Å². The van der Waals surface area contributed by atoms with Crippen molar-refractivity contribution in [3.8, 4) is 5.75 Å². The van der Waals surface area contributed by atoms with E-state index in [1.807, 2.05) is 24.3 Å². The highest BCUT2D eigenvalue weighted by molar-refractivity contribution is 8.18. The van der Waals surface area contributed by atoms with E-state index in [9.17, 15) is 24.5 Å². The van der Waals surface area contributed by atoms with Crippen LogP contribution in [0.5, 0.6) is 5.75 Å². The van der Waals surface area contributed by atoms with Gasteiger partial charge >= 0.3 is 0 Å². The van der Waals surface area contributed by atoms with Gasteiger partial charge in [-0.2, -0.15) is 0 Å². The maximum absolute atomic E-state index is 12.6. The van der Waals surface area contributed by atoms with Gasteiger partial charge in [0.05, 0.1) is 16.9 Å². The Morgan fingerprint density at radius 2 is 2.03 bits per heavy atom. The number of benzene rings is 2. The van der Waals surface area contributed by atoms with Gasteiger partial charge in [0.15, 0.2) is 0 Å². The van der Waals surface area contributed by atoms with E-state index in [-0.39, 0.29) is 41.0 Å². The van der Waals surface area contributed by atoms with E-state index in [2.05, 4.69) is 5.32 Å². The van der Waals surface area contributed by atoms with E-state index >= 15 is 0 Å². The van der Waals surface area contributed by atoms with Crippen LogP contribution in [0.25, 0.3) is 6.08 Å². The van der Waals surface area contributed by atoms with Gasteiger partial charge in [-0.25, -0.2) is 0 Å². The molecule has 1 aliphatic heterocycles. The number of carbonyl (C=O) groups is 3. The van der Waals surface area contributed by atoms with Crippen LogP contribution < -0.4 is 10.1 Å². The third-order valence-corrected chi connectivity index (χ3v) is 6.04. The summed E-state index contributed by atoms with van der Waals surface area (Å²) in [5, 5.41) is 13.2. The van der Waals surface area contributed by atoms with Crippen LogP contribution in [0.4, 0.5) is 10.5 Å². The average Bonchev–Trinajstić information content (AvgIpc) is 3.06. The van der Waals surface area contributed by atoms with Crippen molar-refractivity contribution in [2.75, 3.05) is 20.2 Å². The number of carbonyl (C=O) groups excluding carboxylic acids is 3. The summed E-state index contributed by atoms with van der Waals surface area (Å²) < 4.78 is 5.27. The van der Waals surface area contributed by atoms with Gasteiger partial charge in [0.1, 0.15) is 10.8 Å². The Morgan fingerprint density at radius 3 is 2.76 bits per heavy atom. The monoisotopic (exact) mass is 489 g/mol. The molecule has 0 radical (unpaired) electrons. The van der Waals surface area contributed by atoms with Crippen LogP contribution in [0.3, 0.4) is 0 Å². The summed E-state index contributed by atoms with van der Waals surface area (Å²) in [5.41, 5.74) is 0.996. The maximum Gasteiger partial charge on any atom is 0.293 e. The fourth-order valence-corrected chi connectivity index (χ4v) is 4.21. The normalized spacial score (nSPS) is 14.6. The lowest BCUT2D eigenvalue weighted by molar-refractivity contribution is -0.384. The van der Waals surface area contributed by atoms with Gasteiger partial charge in [0.2, 0.25) is 5.91 Å². The predicted molar refractivity (Wildman–Crippen MR) is 125 cm³/mol. The number of hydrogen-bond acceptors (Lipinski definition) is 7. The van der Waals surface area contributed by atoms with E-state index in [1.54, 1.807) is 7.11 Å². The fraction of sp³-hybridized carbons (Fsp3) is 0.227. The summed E-state index contributed by atoms with van der Waals surface area (Å²) in [6.07, 6.45) is 2.13. The molecule has 1 heterocycles. The molecule has 1 N–H and O–H groups in total. The first-order valence-corrected chi connectivity index (χ1v) is 11.1. The molecule has 33 heavy (non-hydrogen) atoms. The standard InChI is InChI=1S/C22H20ClN3O6S/c1-32-18-5-3-2-4-15(18)7-9-20(27)24-10-11-25-21(28)19(33-22(25)29)13-14-6-8-16(23)17(12-14)26(30)31/h2-6,8,12-13H,7,9-11H2,1H3,(H,24,27)/b19-13-. The Morgan fingerprint density at radius 1 is 1.27 bits per heavy atom. The highest BCUT2D eigenvalue weighted by Crippen LogP contribution is 2.33. The van der Waals surface area contributed by atoms with E-state index in [0.29, 0.717) is 17.7 Å². The number of nitrogens with one attached hydrogen (secondary N) is 1. The molecule has 3 rings (SSSR count). The highest BCUT2D eigenvalue weighted by atomic mass is 35.5. The molecule has 0 saturated carbocycles. The van der Waals surface area contributed by atoms with Crippen molar-refractivity contribution in [2.45, 2.75) is 12.8 Å². The Hall–Kier alpha value is -3.37. The van der Waals surface area contributed by atoms with Gasteiger partial charge in [-0.05, 0) is 47.5 Å². The molecule has 172 valence electrons. The first-order chi connectivity index (χ1) is 15.8. The summed E-state index contributed by atoms with van der Waals surface area (Å²) in [6, 6.07) is 11.5. The maximum atomic E-state index is 12.6. The van der Waals surface area contributed by atoms with E-state index in [4.69, 9.17) is 16.3 Å². The second-order valence-corrected chi connectivity index (χ2v) is 8.36. The van der Waals surface area contributed by atoms with Crippen LogP contribution in [-0.4, -0.2) is 47.1 Å². The van der Waals surface area contributed by atoms with Gasteiger partial charge in [0.25, 0.3) is 16.8 Å². The van der Waals surface area contributed by atoms with Gasteiger partial charge < -0.3 is 10.1 Å². The van der Waals surface area contributed by atoms with Crippen molar-refractivity contribution in [3.05, 3.63) is 73.6 Å². The Kier molecular flexibility index (Phi) is 8.07. The van der Waals surface area contributed by atoms with Crippen molar-refractivity contribution in [1.82, 2.24) is 10.2 Å². The SMILES string of the molecule is COc1ccccc1CCC(=O)NCCN1C(=O)S/C(=C\c2ccc(Cl)c([N+](=O)[O-])c2)C1=O. The summed E-state index contributed by atoms with van der Waals surface area (Å²) in [5.74, 6) is -0.0244. The number of nitro benzene ring substituents is 1. The van der Waals surface area contributed by atoms with Gasteiger partial charge in [-0.1, -0.05) is 35.9 Å². The molecule has 0 atom stereocenters. The van der Waals surface area contributed by atoms with Crippen LogP contribution in [-0.2, 0) is 16.0 Å². The third kappa shape index (κ3) is 6.11. The number of amides is 3. The molecule has 0 aromatic heterocycles. The molecule has 9 nitrogen and oxygen atoms in total. The Balaban J connectivity index is 1.54. The van der Waals surface area contributed by atoms with Crippen molar-refractivity contribution < 1.29 is 24.0 Å². The molecule has 1 saturated heterocycles. The van der Waals surface area contributed by atoms with Crippen molar-refractivity contribution in [3.63, 3.8) is 0 Å². The molecule has 2 aromatic carbocycles. The molecule has 11 heteroatoms. The number of methoxy groups -OCH3 is 1. The zero-order chi connectivity index (χ0) is 24.0. The topological polar surface area (TPSA) is 119 Å². The van der Waals surface area contributed by atoms with Crippen LogP contribution in [0, 0.1) is 10.1 Å². The summed E-state index contributed by atoms with van der Waals surface area (Å²) in [7, 11) is 1.57. The number of rotatable bonds is 9. The molecule has 1 aliphatic rings. The van der Waals surface area contributed by atoms with Crippen molar-refractivity contribution >= 4 is 52.2 Å². The van der Waals surface area contributed by atoms with Gasteiger partial charge in [-0.15, -0.1) is 0 Å². The Bertz CT molecular complexity index is 1140. The molecule has 3 amide bonds. The van der Waals surface area contributed by atoms with Crippen LogP contribution in [0.1, 0.15) is 17.5 Å². The van der Waals surface area contributed by atoms with Gasteiger partial charge in [-0.3, -0.25) is 29.4 Å². The molecule has 0 spiro atoms. The zero-order valence-corrected chi connectivity index (χ0v) is 19.1. The predicted octanol–water partition coefficient (Wildman–Crippen LogP) is 4.04. The van der Waals surface area contributed by atoms with Crippen molar-refractivity contribution in [1.29, 1.82) is 0 Å². The van der Waals surface area contributed by atoms with Gasteiger partial charge in [0, 0.05) is 25.6 Å². The average molecular weight is 490 g/mol. The minimum absolute atomic E-state index is 0.0170. The smallest absolute Gasteiger partial charge is 0.293 e. The quantitative estimate of drug-likeness (QED) is 0.320. The number of halogens is 1. The summed E-state index contributed by atoms with van der Waals surface area (Å²) >= 11 is 6.53. The summed E-state index contributed by atoms with van der Waals surface area (Å²) in [4.78, 5) is 48.6. The number of ether oxygens (including phenoxy) is 1. The summed E-state index contributed by atoms with van der Waals surface area (Å²) in [6.45, 7) is 0.131. The molecule has 2 aromatic rings. The Labute approximate surface area is 198 Å². The highest BCUT2D eigenvalue weighted by Gasteiger charge is 2.34. The van der Waals surface area contributed by atoms with E-state index in [1.165, 1.54) is 24.3 Å². The van der Waals surface area contributed by atoms with Crippen LogP contribution in [0.2, 0.25) is 5.02 Å². The minimum Gasteiger partial charge on any atom is -0.496 e. The third-order valence-electron chi connectivity index (χ3n) is 4.81. The lowest BCUT2D eigenvalue weighted by Gasteiger charge is -2.13. The first-order valence-electron chi connectivity index (χ1n) is 9.88. The molecule has 0 unspecified atom stereocenters.